The Hall–Kier alpha value is -0.0800. The Labute approximate surface area is 88.3 Å². The van der Waals surface area contributed by atoms with Crippen LogP contribution < -0.4 is 0 Å². The minimum Gasteiger partial charge on any atom is -0.390 e. The first kappa shape index (κ1) is 13.9. The lowest BCUT2D eigenvalue weighted by Gasteiger charge is -2.31. The summed E-state index contributed by atoms with van der Waals surface area (Å²) in [5, 5.41) is 20.1. The second-order valence-electron chi connectivity index (χ2n) is 4.36. The Bertz CT molecular complexity index is 128. The summed E-state index contributed by atoms with van der Waals surface area (Å²) in [4.78, 5) is 0. The Balaban J connectivity index is 4.14. The Kier molecular flexibility index (Phi) is 5.68. The van der Waals surface area contributed by atoms with E-state index in [1.54, 1.807) is 0 Å². The van der Waals surface area contributed by atoms with Crippen molar-refractivity contribution in [1.82, 2.24) is 0 Å². The summed E-state index contributed by atoms with van der Waals surface area (Å²) in [5.41, 5.74) is -1.14. The highest BCUT2D eigenvalue weighted by Crippen LogP contribution is 2.28. The zero-order valence-corrected chi connectivity index (χ0v) is 10.1. The van der Waals surface area contributed by atoms with Crippen LogP contribution in [-0.4, -0.2) is 21.4 Å². The number of rotatable bonds is 7. The van der Waals surface area contributed by atoms with Gasteiger partial charge in [-0.2, -0.15) is 0 Å². The first-order valence-electron chi connectivity index (χ1n) is 5.90. The van der Waals surface area contributed by atoms with E-state index in [4.69, 9.17) is 0 Å². The fourth-order valence-electron chi connectivity index (χ4n) is 1.67. The summed E-state index contributed by atoms with van der Waals surface area (Å²) in [6.07, 6.45) is 4.50. The average molecular weight is 202 g/mol. The maximum Gasteiger partial charge on any atom is 0.0643 e. The van der Waals surface area contributed by atoms with Crippen molar-refractivity contribution >= 4 is 0 Å². The molecule has 0 saturated heterocycles. The van der Waals surface area contributed by atoms with E-state index >= 15 is 0 Å². The second kappa shape index (κ2) is 5.72. The molecule has 0 radical (unpaired) electrons. The molecule has 2 N–H and O–H groups in total. The summed E-state index contributed by atoms with van der Waals surface area (Å²) in [5.74, 6) is 0. The molecule has 0 aromatic carbocycles. The molecule has 0 fully saturated rings. The van der Waals surface area contributed by atoms with Crippen LogP contribution in [0.5, 0.6) is 0 Å². The average Bonchev–Trinajstić information content (AvgIpc) is 2.25. The molecule has 0 aromatic heterocycles. The van der Waals surface area contributed by atoms with Gasteiger partial charge in [-0.15, -0.1) is 0 Å². The number of hydrogen-bond donors (Lipinski definition) is 2. The standard InChI is InChI=1S/C12H26O2/c1-5-11(13,6-2)9-10-12(14,7-3)8-4/h13-14H,5-10H2,1-4H3. The van der Waals surface area contributed by atoms with Gasteiger partial charge in [-0.25, -0.2) is 0 Å². The van der Waals surface area contributed by atoms with Gasteiger partial charge in [0, 0.05) is 0 Å². The fraction of sp³-hybridized carbons (Fsp3) is 1.00. The molecular weight excluding hydrogens is 176 g/mol. The van der Waals surface area contributed by atoms with Crippen LogP contribution in [-0.2, 0) is 0 Å². The molecule has 86 valence electrons. The normalized spacial score (nSPS) is 13.3. The van der Waals surface area contributed by atoms with Crippen LogP contribution in [0, 0.1) is 0 Å². The van der Waals surface area contributed by atoms with Gasteiger partial charge in [-0.1, -0.05) is 27.7 Å². The lowest BCUT2D eigenvalue weighted by atomic mass is 9.84. The van der Waals surface area contributed by atoms with Gasteiger partial charge in [-0.05, 0) is 38.5 Å². The molecule has 0 aromatic rings. The van der Waals surface area contributed by atoms with E-state index in [9.17, 15) is 10.2 Å². The summed E-state index contributed by atoms with van der Waals surface area (Å²) < 4.78 is 0. The summed E-state index contributed by atoms with van der Waals surface area (Å²) in [7, 11) is 0. The van der Waals surface area contributed by atoms with Crippen molar-refractivity contribution in [2.45, 2.75) is 77.4 Å². The molecular formula is C12H26O2. The maximum absolute atomic E-state index is 10.1. The predicted molar refractivity (Wildman–Crippen MR) is 60.3 cm³/mol. The van der Waals surface area contributed by atoms with Crippen molar-refractivity contribution in [3.05, 3.63) is 0 Å². The third-order valence-electron chi connectivity index (χ3n) is 3.69. The molecule has 0 bridgehead atoms. The van der Waals surface area contributed by atoms with Crippen LogP contribution in [0.2, 0.25) is 0 Å². The van der Waals surface area contributed by atoms with E-state index in [0.29, 0.717) is 12.8 Å². The quantitative estimate of drug-likeness (QED) is 0.666. The molecule has 0 rings (SSSR count). The van der Waals surface area contributed by atoms with Crippen molar-refractivity contribution in [3.63, 3.8) is 0 Å². The number of aliphatic hydroxyl groups is 2. The van der Waals surface area contributed by atoms with Gasteiger partial charge in [0.25, 0.3) is 0 Å². The molecule has 0 amide bonds. The van der Waals surface area contributed by atoms with E-state index < -0.39 is 11.2 Å². The van der Waals surface area contributed by atoms with Crippen LogP contribution in [0.4, 0.5) is 0 Å². The highest BCUT2D eigenvalue weighted by Gasteiger charge is 2.28. The summed E-state index contributed by atoms with van der Waals surface area (Å²) >= 11 is 0. The molecule has 0 aliphatic carbocycles. The molecule has 0 atom stereocenters. The molecule has 0 unspecified atom stereocenters. The minimum atomic E-state index is -0.571. The lowest BCUT2D eigenvalue weighted by molar-refractivity contribution is -0.0285. The molecule has 2 heteroatoms. The molecule has 0 saturated carbocycles. The van der Waals surface area contributed by atoms with Crippen molar-refractivity contribution in [1.29, 1.82) is 0 Å². The zero-order chi connectivity index (χ0) is 11.2. The van der Waals surface area contributed by atoms with Gasteiger partial charge in [0.15, 0.2) is 0 Å². The van der Waals surface area contributed by atoms with Gasteiger partial charge in [0.2, 0.25) is 0 Å². The van der Waals surface area contributed by atoms with E-state index in [-0.39, 0.29) is 0 Å². The molecule has 14 heavy (non-hydrogen) atoms. The molecule has 0 aliphatic heterocycles. The van der Waals surface area contributed by atoms with E-state index in [2.05, 4.69) is 0 Å². The molecule has 0 heterocycles. The van der Waals surface area contributed by atoms with Crippen LogP contribution in [0.1, 0.15) is 66.2 Å². The van der Waals surface area contributed by atoms with Gasteiger partial charge in [0.05, 0.1) is 11.2 Å². The molecule has 0 spiro atoms. The first-order valence-corrected chi connectivity index (χ1v) is 5.90. The minimum absolute atomic E-state index is 0.571. The second-order valence-corrected chi connectivity index (χ2v) is 4.36. The van der Waals surface area contributed by atoms with E-state index in [0.717, 1.165) is 25.7 Å². The van der Waals surface area contributed by atoms with E-state index in [1.807, 2.05) is 27.7 Å². The first-order chi connectivity index (χ1) is 6.45. The van der Waals surface area contributed by atoms with Crippen LogP contribution >= 0.6 is 0 Å². The molecule has 0 aliphatic rings. The molecule has 2 nitrogen and oxygen atoms in total. The lowest BCUT2D eigenvalue weighted by Crippen LogP contribution is -2.33. The highest BCUT2D eigenvalue weighted by atomic mass is 16.3. The summed E-state index contributed by atoms with van der Waals surface area (Å²) in [6, 6.07) is 0. The maximum atomic E-state index is 10.1. The fourth-order valence-corrected chi connectivity index (χ4v) is 1.67. The zero-order valence-electron chi connectivity index (χ0n) is 10.1. The Morgan fingerprint density at radius 1 is 0.643 bits per heavy atom. The topological polar surface area (TPSA) is 40.5 Å². The van der Waals surface area contributed by atoms with Crippen LogP contribution in [0.25, 0.3) is 0 Å². The Morgan fingerprint density at radius 2 is 0.857 bits per heavy atom. The van der Waals surface area contributed by atoms with Crippen molar-refractivity contribution < 1.29 is 10.2 Å². The third kappa shape index (κ3) is 3.97. The van der Waals surface area contributed by atoms with Gasteiger partial charge in [0.1, 0.15) is 0 Å². The SMILES string of the molecule is CCC(O)(CC)CCC(O)(CC)CC. The van der Waals surface area contributed by atoms with Crippen LogP contribution in [0.3, 0.4) is 0 Å². The van der Waals surface area contributed by atoms with Crippen LogP contribution in [0.15, 0.2) is 0 Å². The van der Waals surface area contributed by atoms with Crippen molar-refractivity contribution in [2.75, 3.05) is 0 Å². The smallest absolute Gasteiger partial charge is 0.0643 e. The van der Waals surface area contributed by atoms with Gasteiger partial charge < -0.3 is 10.2 Å². The number of hydrogen-bond acceptors (Lipinski definition) is 2. The van der Waals surface area contributed by atoms with Crippen molar-refractivity contribution in [3.8, 4) is 0 Å². The Morgan fingerprint density at radius 3 is 1.00 bits per heavy atom. The van der Waals surface area contributed by atoms with Crippen molar-refractivity contribution in [2.24, 2.45) is 0 Å². The third-order valence-corrected chi connectivity index (χ3v) is 3.69. The largest absolute Gasteiger partial charge is 0.390 e. The monoisotopic (exact) mass is 202 g/mol. The predicted octanol–water partition coefficient (Wildman–Crippen LogP) is 2.87. The van der Waals surface area contributed by atoms with Gasteiger partial charge >= 0.3 is 0 Å². The summed E-state index contributed by atoms with van der Waals surface area (Å²) in [6.45, 7) is 8.00. The highest BCUT2D eigenvalue weighted by molar-refractivity contribution is 4.82. The van der Waals surface area contributed by atoms with Gasteiger partial charge in [-0.3, -0.25) is 0 Å². The van der Waals surface area contributed by atoms with E-state index in [1.165, 1.54) is 0 Å².